The summed E-state index contributed by atoms with van der Waals surface area (Å²) < 4.78 is 21.1. The van der Waals surface area contributed by atoms with E-state index in [1.54, 1.807) is 11.1 Å². The van der Waals surface area contributed by atoms with E-state index >= 15 is 0 Å². The number of anilines is 1. The van der Waals surface area contributed by atoms with E-state index in [0.717, 1.165) is 51.2 Å². The monoisotopic (exact) mass is 788 g/mol. The molecule has 4 rings (SSSR count). The van der Waals surface area contributed by atoms with Crippen molar-refractivity contribution in [2.45, 2.75) is 117 Å². The number of pyridine rings is 1. The molecule has 0 spiro atoms. The van der Waals surface area contributed by atoms with Crippen molar-refractivity contribution in [2.24, 2.45) is 0 Å². The number of amides is 1. The molecule has 11 nitrogen and oxygen atoms in total. The highest BCUT2D eigenvalue weighted by molar-refractivity contribution is 9.10. The number of halogens is 1. The van der Waals surface area contributed by atoms with Gasteiger partial charge in [-0.15, -0.1) is 0 Å². The number of rotatable bonds is 16. The molecule has 14 heteroatoms. The maximum absolute atomic E-state index is 13.2. The normalized spacial score (nSPS) is 15.6. The first-order valence-electron chi connectivity index (χ1n) is 17.6. The molecule has 0 fully saturated rings. The molecule has 0 aromatic carbocycles. The Kier molecular flexibility index (Phi) is 13.5. The van der Waals surface area contributed by atoms with E-state index in [1.165, 1.54) is 0 Å². The quantitative estimate of drug-likeness (QED) is 0.0870. The van der Waals surface area contributed by atoms with Gasteiger partial charge in [0.2, 0.25) is 0 Å². The van der Waals surface area contributed by atoms with Crippen LogP contribution in [0.2, 0.25) is 51.4 Å². The lowest BCUT2D eigenvalue weighted by atomic mass is 10.0. The maximum atomic E-state index is 13.2. The maximum Gasteiger partial charge on any atom is 0.414 e. The summed E-state index contributed by atoms with van der Waals surface area (Å²) in [5.74, 6) is 0.793. The molecule has 0 saturated heterocycles. The molecule has 3 aromatic heterocycles. The lowest BCUT2D eigenvalue weighted by Gasteiger charge is -2.29. The van der Waals surface area contributed by atoms with Gasteiger partial charge in [-0.05, 0) is 81.0 Å². The number of ether oxygens (including phenoxy) is 3. The van der Waals surface area contributed by atoms with Crippen molar-refractivity contribution in [1.29, 1.82) is 0 Å². The molecule has 1 amide bonds. The number of aliphatic hydroxyl groups is 1. The second kappa shape index (κ2) is 16.8. The second-order valence-electron chi connectivity index (χ2n) is 16.7. The number of aliphatic hydroxyl groups excluding tert-OH is 1. The SMILES string of the molecule is CC1=CN(C(=O)OC(C)(C)C)[C@@H](CCc2nc3c(-c4ccc(CO)nc4)cnn3c(N(COCC[Si](C)(C)C)COCC[Si](C)(C)C)c2Br)C1. The number of hydrogen-bond donors (Lipinski definition) is 1. The van der Waals surface area contributed by atoms with Gasteiger partial charge in [-0.25, -0.2) is 9.78 Å². The Hall–Kier alpha value is -2.63. The topological polar surface area (TPSA) is 115 Å². The first kappa shape index (κ1) is 40.1. The van der Waals surface area contributed by atoms with Crippen molar-refractivity contribution in [3.8, 4) is 11.1 Å². The van der Waals surface area contributed by atoms with E-state index in [2.05, 4.69) is 65.1 Å². The van der Waals surface area contributed by atoms with E-state index in [-0.39, 0.29) is 18.7 Å². The van der Waals surface area contributed by atoms with Crippen LogP contribution in [-0.2, 0) is 27.2 Å². The summed E-state index contributed by atoms with van der Waals surface area (Å²) in [6.07, 6.45) is 7.18. The van der Waals surface area contributed by atoms with Gasteiger partial charge in [-0.2, -0.15) is 9.61 Å². The molecular formula is C36H57BrN6O5Si2. The molecule has 4 heterocycles. The Morgan fingerprint density at radius 3 is 2.22 bits per heavy atom. The van der Waals surface area contributed by atoms with Gasteiger partial charge in [0.25, 0.3) is 0 Å². The van der Waals surface area contributed by atoms with Crippen molar-refractivity contribution in [2.75, 3.05) is 31.6 Å². The van der Waals surface area contributed by atoms with Crippen LogP contribution in [0.1, 0.15) is 51.9 Å². The van der Waals surface area contributed by atoms with Crippen LogP contribution in [0.3, 0.4) is 0 Å². The summed E-state index contributed by atoms with van der Waals surface area (Å²) >= 11 is 3.95. The fourth-order valence-electron chi connectivity index (χ4n) is 5.52. The third-order valence-corrected chi connectivity index (χ3v) is 12.6. The fraction of sp³-hybridized carbons (Fsp3) is 0.611. The summed E-state index contributed by atoms with van der Waals surface area (Å²) in [5, 5.41) is 14.4. The Bertz CT molecular complexity index is 1610. The van der Waals surface area contributed by atoms with Crippen LogP contribution >= 0.6 is 15.9 Å². The molecule has 0 saturated carbocycles. The van der Waals surface area contributed by atoms with Gasteiger partial charge >= 0.3 is 6.09 Å². The van der Waals surface area contributed by atoms with Crippen molar-refractivity contribution in [3.63, 3.8) is 0 Å². The lowest BCUT2D eigenvalue weighted by molar-refractivity contribution is 0.0282. The molecule has 0 unspecified atom stereocenters. The molecular weight excluding hydrogens is 733 g/mol. The van der Waals surface area contributed by atoms with Gasteiger partial charge in [0.1, 0.15) is 19.1 Å². The number of aryl methyl sites for hydroxylation is 1. The van der Waals surface area contributed by atoms with E-state index < -0.39 is 21.7 Å². The van der Waals surface area contributed by atoms with Crippen LogP contribution < -0.4 is 4.90 Å². The molecule has 276 valence electrons. The lowest BCUT2D eigenvalue weighted by Crippen LogP contribution is -2.38. The predicted molar refractivity (Wildman–Crippen MR) is 209 cm³/mol. The Balaban J connectivity index is 1.73. The molecule has 1 atom stereocenters. The van der Waals surface area contributed by atoms with Crippen molar-refractivity contribution < 1.29 is 24.1 Å². The van der Waals surface area contributed by atoms with Crippen molar-refractivity contribution in [3.05, 3.63) is 52.2 Å². The molecule has 50 heavy (non-hydrogen) atoms. The number of hydrogen-bond acceptors (Lipinski definition) is 9. The predicted octanol–water partition coefficient (Wildman–Crippen LogP) is 8.32. The number of fused-ring (bicyclic) bond motifs is 1. The first-order chi connectivity index (χ1) is 23.3. The molecule has 1 aliphatic heterocycles. The van der Waals surface area contributed by atoms with Gasteiger partial charge in [-0.1, -0.05) is 50.9 Å². The van der Waals surface area contributed by atoms with Crippen molar-refractivity contribution in [1.82, 2.24) is 24.5 Å². The largest absolute Gasteiger partial charge is 0.443 e. The Morgan fingerprint density at radius 2 is 1.68 bits per heavy atom. The summed E-state index contributed by atoms with van der Waals surface area (Å²) in [7, 11) is -2.58. The van der Waals surface area contributed by atoms with Gasteiger partial charge in [0.05, 0.1) is 28.7 Å². The van der Waals surface area contributed by atoms with E-state index in [4.69, 9.17) is 24.3 Å². The van der Waals surface area contributed by atoms with E-state index in [9.17, 15) is 9.90 Å². The molecule has 0 bridgehead atoms. The molecule has 1 aliphatic rings. The fourth-order valence-corrected chi connectivity index (χ4v) is 7.73. The van der Waals surface area contributed by atoms with Gasteiger partial charge in [0.15, 0.2) is 11.5 Å². The highest BCUT2D eigenvalue weighted by Crippen LogP contribution is 2.35. The average Bonchev–Trinajstić information content (AvgIpc) is 3.60. The minimum Gasteiger partial charge on any atom is -0.443 e. The smallest absolute Gasteiger partial charge is 0.414 e. The highest BCUT2D eigenvalue weighted by Gasteiger charge is 2.32. The zero-order valence-electron chi connectivity index (χ0n) is 31.7. The molecule has 3 aromatic rings. The van der Waals surface area contributed by atoms with Crippen LogP contribution in [0, 0.1) is 0 Å². The molecule has 1 N–H and O–H groups in total. The standard InChI is InChI=1S/C36H57BrN6O5Si2/c1-26-19-29(42(22-26)35(45)48-36(2,3)4)13-14-31-32(37)34(41(24-46-15-17-49(5,6)7)25-47-16-18-50(8,9)10)43-33(40-31)30(21-39-43)27-11-12-28(23-44)38-20-27/h11-12,20-22,29,44H,13-19,23-25H2,1-10H3/t29-/m0/s1. The van der Waals surface area contributed by atoms with Crippen LogP contribution in [0.4, 0.5) is 10.6 Å². The third-order valence-electron chi connectivity index (χ3n) is 8.35. The zero-order chi connectivity index (χ0) is 36.9. The summed E-state index contributed by atoms with van der Waals surface area (Å²) in [6, 6.07) is 5.80. The summed E-state index contributed by atoms with van der Waals surface area (Å²) in [6.45, 7) is 23.7. The number of aromatic nitrogens is 4. The average molecular weight is 790 g/mol. The second-order valence-corrected chi connectivity index (χ2v) is 28.7. The Morgan fingerprint density at radius 1 is 1.04 bits per heavy atom. The third kappa shape index (κ3) is 11.4. The van der Waals surface area contributed by atoms with Crippen LogP contribution in [-0.4, -0.2) is 90.1 Å². The first-order valence-corrected chi connectivity index (χ1v) is 25.8. The van der Waals surface area contributed by atoms with Gasteiger partial charge < -0.3 is 24.2 Å². The van der Waals surface area contributed by atoms with Crippen LogP contribution in [0.5, 0.6) is 0 Å². The van der Waals surface area contributed by atoms with Crippen LogP contribution in [0.25, 0.3) is 16.8 Å². The highest BCUT2D eigenvalue weighted by atomic mass is 79.9. The van der Waals surface area contributed by atoms with E-state index in [1.807, 2.05) is 56.7 Å². The Labute approximate surface area is 308 Å². The van der Waals surface area contributed by atoms with E-state index in [0.29, 0.717) is 50.9 Å². The summed E-state index contributed by atoms with van der Waals surface area (Å²) in [5.41, 5.74) is 4.34. The zero-order valence-corrected chi connectivity index (χ0v) is 35.3. The number of carbonyl (C=O) groups is 1. The van der Waals surface area contributed by atoms with Gasteiger partial charge in [-0.3, -0.25) is 9.88 Å². The number of carbonyl (C=O) groups excluding carboxylic acids is 1. The number of nitrogens with zero attached hydrogens (tertiary/aromatic N) is 6. The van der Waals surface area contributed by atoms with Gasteiger partial charge in [0, 0.05) is 58.9 Å². The van der Waals surface area contributed by atoms with Crippen LogP contribution in [0.15, 0.2) is 40.8 Å². The molecule has 0 aliphatic carbocycles. The molecule has 0 radical (unpaired) electrons. The minimum absolute atomic E-state index is 0.0521. The van der Waals surface area contributed by atoms with Crippen molar-refractivity contribution >= 4 is 49.6 Å². The minimum atomic E-state index is -1.29. The summed E-state index contributed by atoms with van der Waals surface area (Å²) in [4.78, 5) is 26.6.